The van der Waals surface area contributed by atoms with Crippen LogP contribution in [-0.4, -0.2) is 33.5 Å². The van der Waals surface area contributed by atoms with Crippen LogP contribution < -0.4 is 15.6 Å². The molecule has 0 saturated carbocycles. The average molecular weight is 469 g/mol. The summed E-state index contributed by atoms with van der Waals surface area (Å²) in [7, 11) is 0. The smallest absolute Gasteiger partial charge is 0.279 e. The largest absolute Gasteiger partial charge is 0.481 e. The standard InChI is InChI=1S/C27H24N4O4/c1-18(32)21-12-9-15-23(16-21)35-19(2)26(33)28-29-27(34)24-17-31(22-13-7-4-8-14-22)30-25(24)20-10-5-3-6-11-20/h3-17,19H,1-2H3,(H,28,33)(H,29,34). The van der Waals surface area contributed by atoms with E-state index in [1.54, 1.807) is 42.1 Å². The lowest BCUT2D eigenvalue weighted by Gasteiger charge is -2.15. The fraction of sp³-hybridized carbons (Fsp3) is 0.111. The van der Waals surface area contributed by atoms with E-state index >= 15 is 0 Å². The molecule has 8 heteroatoms. The number of nitrogens with one attached hydrogen (secondary N) is 2. The second kappa shape index (κ2) is 10.5. The van der Waals surface area contributed by atoms with E-state index in [1.165, 1.54) is 6.92 Å². The lowest BCUT2D eigenvalue weighted by atomic mass is 10.1. The summed E-state index contributed by atoms with van der Waals surface area (Å²) in [4.78, 5) is 37.1. The molecule has 0 aliphatic rings. The molecule has 3 aromatic carbocycles. The van der Waals surface area contributed by atoms with E-state index in [0.717, 1.165) is 11.3 Å². The quantitative estimate of drug-likeness (QED) is 0.316. The van der Waals surface area contributed by atoms with Crippen LogP contribution in [0, 0.1) is 0 Å². The number of hydrogen-bond acceptors (Lipinski definition) is 5. The van der Waals surface area contributed by atoms with Crippen molar-refractivity contribution in [2.24, 2.45) is 0 Å². The summed E-state index contributed by atoms with van der Waals surface area (Å²) >= 11 is 0. The van der Waals surface area contributed by atoms with Gasteiger partial charge in [0.15, 0.2) is 11.9 Å². The SMILES string of the molecule is CC(=O)c1cccc(OC(C)C(=O)NNC(=O)c2cn(-c3ccccc3)nc2-c2ccccc2)c1. The minimum absolute atomic E-state index is 0.106. The Hall–Kier alpha value is -4.72. The molecule has 0 spiro atoms. The molecule has 1 atom stereocenters. The van der Waals surface area contributed by atoms with Crippen LogP contribution in [0.4, 0.5) is 0 Å². The minimum atomic E-state index is -0.918. The van der Waals surface area contributed by atoms with Crippen LogP contribution in [0.2, 0.25) is 0 Å². The molecule has 0 radical (unpaired) electrons. The second-order valence-electron chi connectivity index (χ2n) is 7.82. The highest BCUT2D eigenvalue weighted by atomic mass is 16.5. The highest BCUT2D eigenvalue weighted by molar-refractivity contribution is 6.00. The lowest BCUT2D eigenvalue weighted by Crippen LogP contribution is -2.47. The second-order valence-corrected chi connectivity index (χ2v) is 7.82. The first-order valence-corrected chi connectivity index (χ1v) is 11.0. The van der Waals surface area contributed by atoms with Crippen molar-refractivity contribution in [3.05, 3.63) is 102 Å². The van der Waals surface area contributed by atoms with Crippen molar-refractivity contribution in [3.8, 4) is 22.7 Å². The van der Waals surface area contributed by atoms with E-state index < -0.39 is 17.9 Å². The first-order valence-electron chi connectivity index (χ1n) is 11.0. The molecule has 0 saturated heterocycles. The van der Waals surface area contributed by atoms with Gasteiger partial charge in [0.2, 0.25) is 0 Å². The molecular formula is C27H24N4O4. The fourth-order valence-electron chi connectivity index (χ4n) is 3.40. The number of nitrogens with zero attached hydrogens (tertiary/aromatic N) is 2. The van der Waals surface area contributed by atoms with E-state index in [0.29, 0.717) is 22.6 Å². The molecule has 176 valence electrons. The minimum Gasteiger partial charge on any atom is -0.481 e. The van der Waals surface area contributed by atoms with Gasteiger partial charge in [-0.3, -0.25) is 25.2 Å². The van der Waals surface area contributed by atoms with Gasteiger partial charge in [0.25, 0.3) is 11.8 Å². The summed E-state index contributed by atoms with van der Waals surface area (Å²) < 4.78 is 7.25. The van der Waals surface area contributed by atoms with Gasteiger partial charge in [0.1, 0.15) is 11.4 Å². The van der Waals surface area contributed by atoms with Gasteiger partial charge >= 0.3 is 0 Å². The number of para-hydroxylation sites is 1. The zero-order chi connectivity index (χ0) is 24.8. The Balaban J connectivity index is 1.48. The topological polar surface area (TPSA) is 102 Å². The Morgan fingerprint density at radius 1 is 0.886 bits per heavy atom. The number of carbonyl (C=O) groups is 3. The molecule has 4 aromatic rings. The van der Waals surface area contributed by atoms with Gasteiger partial charge in [0, 0.05) is 17.3 Å². The third kappa shape index (κ3) is 5.62. The van der Waals surface area contributed by atoms with Gasteiger partial charge in [-0.15, -0.1) is 0 Å². The van der Waals surface area contributed by atoms with Gasteiger partial charge < -0.3 is 4.74 Å². The van der Waals surface area contributed by atoms with Crippen molar-refractivity contribution < 1.29 is 19.1 Å². The average Bonchev–Trinajstić information content (AvgIpc) is 3.34. The highest BCUT2D eigenvalue weighted by Gasteiger charge is 2.21. The van der Waals surface area contributed by atoms with Crippen molar-refractivity contribution in [3.63, 3.8) is 0 Å². The third-order valence-corrected chi connectivity index (χ3v) is 5.25. The third-order valence-electron chi connectivity index (χ3n) is 5.25. The van der Waals surface area contributed by atoms with Crippen LogP contribution in [0.3, 0.4) is 0 Å². The monoisotopic (exact) mass is 468 g/mol. The molecule has 35 heavy (non-hydrogen) atoms. The molecule has 0 bridgehead atoms. The number of ketones is 1. The van der Waals surface area contributed by atoms with Gasteiger partial charge in [-0.2, -0.15) is 5.10 Å². The molecular weight excluding hydrogens is 444 g/mol. The summed E-state index contributed by atoms with van der Waals surface area (Å²) in [6, 6.07) is 25.3. The number of hydrazine groups is 1. The fourth-order valence-corrected chi connectivity index (χ4v) is 3.40. The number of hydrogen-bond donors (Lipinski definition) is 2. The van der Waals surface area contributed by atoms with Crippen molar-refractivity contribution in [2.45, 2.75) is 20.0 Å². The molecule has 4 rings (SSSR count). The predicted octanol–water partition coefficient (Wildman–Crippen LogP) is 3.97. The van der Waals surface area contributed by atoms with Gasteiger partial charge in [-0.25, -0.2) is 4.68 Å². The Kier molecular flexibility index (Phi) is 7.02. The number of Topliss-reactive ketones (excluding diaryl/α,β-unsaturated/α-hetero) is 1. The van der Waals surface area contributed by atoms with Crippen molar-refractivity contribution in [2.75, 3.05) is 0 Å². The van der Waals surface area contributed by atoms with Gasteiger partial charge in [-0.05, 0) is 38.1 Å². The maximum atomic E-state index is 13.0. The van der Waals surface area contributed by atoms with Crippen LogP contribution in [0.25, 0.3) is 16.9 Å². The van der Waals surface area contributed by atoms with E-state index in [2.05, 4.69) is 16.0 Å². The number of rotatable bonds is 7. The van der Waals surface area contributed by atoms with Crippen LogP contribution in [0.15, 0.2) is 91.1 Å². The lowest BCUT2D eigenvalue weighted by molar-refractivity contribution is -0.128. The molecule has 2 amide bonds. The summed E-state index contributed by atoms with van der Waals surface area (Å²) in [6.45, 7) is 3.00. The summed E-state index contributed by atoms with van der Waals surface area (Å²) in [5, 5.41) is 4.60. The van der Waals surface area contributed by atoms with E-state index in [-0.39, 0.29) is 5.78 Å². The number of aromatic nitrogens is 2. The Labute approximate surface area is 202 Å². The van der Waals surface area contributed by atoms with Crippen LogP contribution in [-0.2, 0) is 4.79 Å². The Bertz CT molecular complexity index is 1350. The number of ether oxygens (including phenoxy) is 1. The molecule has 1 heterocycles. The van der Waals surface area contributed by atoms with Gasteiger partial charge in [-0.1, -0.05) is 60.7 Å². The summed E-state index contributed by atoms with van der Waals surface area (Å²) in [5.41, 5.74) is 7.65. The zero-order valence-electron chi connectivity index (χ0n) is 19.3. The van der Waals surface area contributed by atoms with Crippen LogP contribution >= 0.6 is 0 Å². The maximum absolute atomic E-state index is 13.0. The number of benzene rings is 3. The van der Waals surface area contributed by atoms with Crippen molar-refractivity contribution in [1.29, 1.82) is 0 Å². The Morgan fingerprint density at radius 2 is 1.57 bits per heavy atom. The summed E-state index contributed by atoms with van der Waals surface area (Å²) in [5.74, 6) is -0.805. The molecule has 1 unspecified atom stereocenters. The molecule has 0 aliphatic heterocycles. The maximum Gasteiger partial charge on any atom is 0.279 e. The molecule has 0 fully saturated rings. The van der Waals surface area contributed by atoms with E-state index in [4.69, 9.17) is 4.74 Å². The highest BCUT2D eigenvalue weighted by Crippen LogP contribution is 2.23. The summed E-state index contributed by atoms with van der Waals surface area (Å²) in [6.07, 6.45) is 0.699. The molecule has 0 aliphatic carbocycles. The van der Waals surface area contributed by atoms with Gasteiger partial charge in [0.05, 0.1) is 11.3 Å². The zero-order valence-corrected chi connectivity index (χ0v) is 19.3. The Morgan fingerprint density at radius 3 is 2.26 bits per heavy atom. The van der Waals surface area contributed by atoms with Crippen molar-refractivity contribution >= 4 is 17.6 Å². The number of amides is 2. The van der Waals surface area contributed by atoms with Crippen LogP contribution in [0.5, 0.6) is 5.75 Å². The molecule has 2 N–H and O–H groups in total. The first kappa shape index (κ1) is 23.4. The predicted molar refractivity (Wildman–Crippen MR) is 131 cm³/mol. The molecule has 1 aromatic heterocycles. The van der Waals surface area contributed by atoms with E-state index in [9.17, 15) is 14.4 Å². The van der Waals surface area contributed by atoms with E-state index in [1.807, 2.05) is 60.7 Å². The molecule has 8 nitrogen and oxygen atoms in total. The van der Waals surface area contributed by atoms with Crippen molar-refractivity contribution in [1.82, 2.24) is 20.6 Å². The van der Waals surface area contributed by atoms with Crippen LogP contribution in [0.1, 0.15) is 34.6 Å². The number of carbonyl (C=O) groups excluding carboxylic acids is 3. The normalized spacial score (nSPS) is 11.4. The first-order chi connectivity index (χ1) is 16.9.